The molecule has 0 fully saturated rings. The van der Waals surface area contributed by atoms with Crippen LogP contribution >= 0.6 is 0 Å². The summed E-state index contributed by atoms with van der Waals surface area (Å²) < 4.78 is 5.30. The number of hydrogen-bond acceptors (Lipinski definition) is 2. The molecule has 0 spiro atoms. The van der Waals surface area contributed by atoms with E-state index in [2.05, 4.69) is 17.1 Å². The first-order valence-electron chi connectivity index (χ1n) is 4.15. The molecule has 0 aromatic heterocycles. The van der Waals surface area contributed by atoms with Crippen LogP contribution in [-0.2, 0) is 0 Å². The van der Waals surface area contributed by atoms with Crippen LogP contribution in [0.1, 0.15) is 0 Å². The third kappa shape index (κ3) is 0.920. The lowest BCUT2D eigenvalue weighted by atomic mass is 10.1. The van der Waals surface area contributed by atoms with Crippen molar-refractivity contribution in [2.24, 2.45) is 4.99 Å². The fraction of sp³-hybridized carbons (Fsp3) is 0. The molecule has 2 bridgehead atoms. The molecule has 0 saturated heterocycles. The molecule has 1 aliphatic rings. The standard InChI is InChI=1S/C11H7NO/c1-2-4-10-8(3-1)5-9-6-11(10)13-7-12-9/h1-7H. The first-order valence-corrected chi connectivity index (χ1v) is 4.15. The highest BCUT2D eigenvalue weighted by atomic mass is 16.5. The lowest BCUT2D eigenvalue weighted by Crippen LogP contribution is -1.94. The van der Waals surface area contributed by atoms with Gasteiger partial charge >= 0.3 is 0 Å². The fourth-order valence-corrected chi connectivity index (χ4v) is 1.58. The van der Waals surface area contributed by atoms with Crippen LogP contribution in [0, 0.1) is 0 Å². The van der Waals surface area contributed by atoms with Crippen molar-refractivity contribution in [1.29, 1.82) is 0 Å². The maximum atomic E-state index is 5.30. The summed E-state index contributed by atoms with van der Waals surface area (Å²) in [6.07, 6.45) is 1.48. The maximum absolute atomic E-state index is 5.30. The zero-order valence-corrected chi connectivity index (χ0v) is 6.90. The maximum Gasteiger partial charge on any atom is 0.181 e. The summed E-state index contributed by atoms with van der Waals surface area (Å²) in [4.78, 5) is 4.09. The van der Waals surface area contributed by atoms with Gasteiger partial charge in [-0.25, -0.2) is 4.99 Å². The van der Waals surface area contributed by atoms with Gasteiger partial charge in [-0.1, -0.05) is 24.3 Å². The molecular weight excluding hydrogens is 162 g/mol. The first kappa shape index (κ1) is 6.66. The fourth-order valence-electron chi connectivity index (χ4n) is 1.58. The van der Waals surface area contributed by atoms with E-state index in [-0.39, 0.29) is 0 Å². The predicted molar refractivity (Wildman–Crippen MR) is 52.7 cm³/mol. The number of rotatable bonds is 0. The van der Waals surface area contributed by atoms with Gasteiger partial charge in [0.05, 0.1) is 5.69 Å². The zero-order valence-electron chi connectivity index (χ0n) is 6.90. The van der Waals surface area contributed by atoms with E-state index in [4.69, 9.17) is 4.74 Å². The van der Waals surface area contributed by atoms with Crippen molar-refractivity contribution in [2.75, 3.05) is 0 Å². The second-order valence-electron chi connectivity index (χ2n) is 3.02. The molecule has 0 atom stereocenters. The van der Waals surface area contributed by atoms with Crippen LogP contribution in [0.4, 0.5) is 5.69 Å². The Morgan fingerprint density at radius 3 is 3.00 bits per heavy atom. The molecule has 1 aliphatic heterocycles. The zero-order chi connectivity index (χ0) is 8.67. The van der Waals surface area contributed by atoms with E-state index in [1.807, 2.05) is 24.3 Å². The Balaban J connectivity index is 2.48. The van der Waals surface area contributed by atoms with E-state index < -0.39 is 0 Å². The van der Waals surface area contributed by atoms with E-state index in [9.17, 15) is 0 Å². The van der Waals surface area contributed by atoms with E-state index in [1.165, 1.54) is 11.8 Å². The Hall–Kier alpha value is -1.83. The number of nitrogens with zero attached hydrogens (tertiary/aromatic N) is 1. The summed E-state index contributed by atoms with van der Waals surface area (Å²) in [5, 5.41) is 2.31. The van der Waals surface area contributed by atoms with Gasteiger partial charge in [0.15, 0.2) is 6.40 Å². The highest BCUT2D eigenvalue weighted by Gasteiger charge is 2.06. The number of ether oxygens (including phenoxy) is 1. The summed E-state index contributed by atoms with van der Waals surface area (Å²) in [5.41, 5.74) is 0.958. The third-order valence-corrected chi connectivity index (χ3v) is 2.19. The molecule has 0 amide bonds. The highest BCUT2D eigenvalue weighted by molar-refractivity contribution is 5.93. The summed E-state index contributed by atoms with van der Waals surface area (Å²) in [6, 6.07) is 12.1. The molecule has 0 saturated carbocycles. The lowest BCUT2D eigenvalue weighted by molar-refractivity contribution is 0.576. The van der Waals surface area contributed by atoms with Crippen LogP contribution < -0.4 is 4.74 Å². The second kappa shape index (κ2) is 2.33. The van der Waals surface area contributed by atoms with Crippen LogP contribution in [0.2, 0.25) is 0 Å². The molecule has 1 heterocycles. The van der Waals surface area contributed by atoms with Crippen LogP contribution in [-0.4, -0.2) is 6.40 Å². The van der Waals surface area contributed by atoms with E-state index in [1.54, 1.807) is 0 Å². The van der Waals surface area contributed by atoms with Gasteiger partial charge < -0.3 is 4.74 Å². The first-order chi connectivity index (χ1) is 6.43. The number of fused-ring (bicyclic) bond motifs is 4. The molecule has 3 rings (SSSR count). The normalized spacial score (nSPS) is 12.9. The minimum atomic E-state index is 0.892. The molecule has 2 aromatic carbocycles. The molecule has 2 nitrogen and oxygen atoms in total. The molecule has 0 aliphatic carbocycles. The molecular formula is C11H7NO. The Morgan fingerprint density at radius 1 is 1.08 bits per heavy atom. The summed E-state index contributed by atoms with van der Waals surface area (Å²) in [6.45, 7) is 0. The molecule has 62 valence electrons. The molecule has 2 heteroatoms. The van der Waals surface area contributed by atoms with E-state index in [0.29, 0.717) is 0 Å². The largest absolute Gasteiger partial charge is 0.445 e. The Bertz CT molecular complexity index is 502. The highest BCUT2D eigenvalue weighted by Crippen LogP contribution is 2.32. The van der Waals surface area contributed by atoms with Crippen molar-refractivity contribution in [2.45, 2.75) is 0 Å². The molecule has 0 radical (unpaired) electrons. The minimum Gasteiger partial charge on any atom is -0.445 e. The molecule has 2 aromatic rings. The van der Waals surface area contributed by atoms with Crippen LogP contribution in [0.3, 0.4) is 0 Å². The van der Waals surface area contributed by atoms with Gasteiger partial charge in [-0.15, -0.1) is 0 Å². The Labute approximate surface area is 75.5 Å². The molecule has 0 N–H and O–H groups in total. The quantitative estimate of drug-likeness (QED) is 0.594. The van der Waals surface area contributed by atoms with Crippen molar-refractivity contribution in [3.8, 4) is 5.75 Å². The van der Waals surface area contributed by atoms with Gasteiger partial charge in [0.2, 0.25) is 0 Å². The van der Waals surface area contributed by atoms with Crippen molar-refractivity contribution < 1.29 is 4.74 Å². The summed E-state index contributed by atoms with van der Waals surface area (Å²) in [5.74, 6) is 0.892. The van der Waals surface area contributed by atoms with Gasteiger partial charge in [0.25, 0.3) is 0 Å². The predicted octanol–water partition coefficient (Wildman–Crippen LogP) is 2.89. The summed E-state index contributed by atoms with van der Waals surface area (Å²) in [7, 11) is 0. The minimum absolute atomic E-state index is 0.892. The van der Waals surface area contributed by atoms with Crippen molar-refractivity contribution in [3.63, 3.8) is 0 Å². The van der Waals surface area contributed by atoms with Crippen molar-refractivity contribution in [3.05, 3.63) is 36.4 Å². The summed E-state index contributed by atoms with van der Waals surface area (Å²) >= 11 is 0. The van der Waals surface area contributed by atoms with E-state index in [0.717, 1.165) is 16.8 Å². The van der Waals surface area contributed by atoms with Crippen LogP contribution in [0.15, 0.2) is 41.4 Å². The SMILES string of the molecule is C1=Nc2cc(c3ccccc3c2)O1. The van der Waals surface area contributed by atoms with Crippen molar-refractivity contribution in [1.82, 2.24) is 0 Å². The topological polar surface area (TPSA) is 21.6 Å². The van der Waals surface area contributed by atoms with Gasteiger partial charge in [-0.3, -0.25) is 0 Å². The molecule has 13 heavy (non-hydrogen) atoms. The van der Waals surface area contributed by atoms with Gasteiger partial charge in [0.1, 0.15) is 5.75 Å². The number of aliphatic imine (C=N–C) groups is 1. The second-order valence-corrected chi connectivity index (χ2v) is 3.02. The number of hydrogen-bond donors (Lipinski definition) is 0. The smallest absolute Gasteiger partial charge is 0.181 e. The van der Waals surface area contributed by atoms with Crippen LogP contribution in [0.25, 0.3) is 10.8 Å². The Kier molecular flexibility index (Phi) is 1.19. The van der Waals surface area contributed by atoms with Crippen molar-refractivity contribution >= 4 is 22.9 Å². The Morgan fingerprint density at radius 2 is 2.00 bits per heavy atom. The lowest BCUT2D eigenvalue weighted by Gasteiger charge is -2.10. The monoisotopic (exact) mass is 169 g/mol. The van der Waals surface area contributed by atoms with E-state index >= 15 is 0 Å². The van der Waals surface area contributed by atoms with Gasteiger partial charge in [-0.05, 0) is 11.5 Å². The van der Waals surface area contributed by atoms with Gasteiger partial charge in [-0.2, -0.15) is 0 Å². The van der Waals surface area contributed by atoms with Crippen LogP contribution in [0.5, 0.6) is 5.75 Å². The molecule has 0 unspecified atom stereocenters. The average molecular weight is 169 g/mol. The average Bonchev–Trinajstić information content (AvgIpc) is 2.18. The van der Waals surface area contributed by atoms with Gasteiger partial charge in [0, 0.05) is 11.5 Å². The number of benzene rings is 2. The third-order valence-electron chi connectivity index (χ3n) is 2.19.